The lowest BCUT2D eigenvalue weighted by Gasteiger charge is -2.10. The van der Waals surface area contributed by atoms with Crippen molar-refractivity contribution in [3.63, 3.8) is 0 Å². The molecule has 4 nitrogen and oxygen atoms in total. The minimum atomic E-state index is -0.958. The van der Waals surface area contributed by atoms with Crippen LogP contribution in [0.4, 0.5) is 0 Å². The molecule has 5 heteroatoms. The maximum absolute atomic E-state index is 10.9. The molecule has 0 saturated carbocycles. The number of nitrogens with zero attached hydrogens (tertiary/aromatic N) is 1. The molecule has 0 aliphatic carbocycles. The third-order valence-corrected chi connectivity index (χ3v) is 4.62. The monoisotopic (exact) mass is 433 g/mol. The largest absolute Gasteiger partial charge is 0.488 e. The number of rotatable bonds is 6. The number of allylic oxidation sites excluding steroid dienone is 1. The summed E-state index contributed by atoms with van der Waals surface area (Å²) in [5.41, 5.74) is 3.25. The van der Waals surface area contributed by atoms with Crippen LogP contribution in [-0.2, 0) is 6.61 Å². The number of nitriles is 1. The van der Waals surface area contributed by atoms with Gasteiger partial charge in [-0.15, -0.1) is 0 Å². The average molecular weight is 434 g/mol. The van der Waals surface area contributed by atoms with E-state index in [2.05, 4.69) is 22.0 Å². The molecule has 0 unspecified atom stereocenters. The molecule has 0 aliphatic rings. The lowest BCUT2D eigenvalue weighted by molar-refractivity contribution is 0.0697. The summed E-state index contributed by atoms with van der Waals surface area (Å²) in [6, 6.07) is 23.8. The van der Waals surface area contributed by atoms with Crippen molar-refractivity contribution in [2.75, 3.05) is 0 Å². The Bertz CT molecular complexity index is 1050. The second kappa shape index (κ2) is 9.03. The molecule has 0 amide bonds. The summed E-state index contributed by atoms with van der Waals surface area (Å²) < 4.78 is 6.87. The number of para-hydroxylation sites is 1. The van der Waals surface area contributed by atoms with Gasteiger partial charge in [0.05, 0.1) is 17.2 Å². The molecule has 0 bridgehead atoms. The summed E-state index contributed by atoms with van der Waals surface area (Å²) in [7, 11) is 0. The van der Waals surface area contributed by atoms with Crippen LogP contribution >= 0.6 is 15.9 Å². The molecule has 0 aliphatic heterocycles. The van der Waals surface area contributed by atoms with Crippen LogP contribution in [0.5, 0.6) is 5.75 Å². The third kappa shape index (κ3) is 4.87. The SMILES string of the molecule is N#C/C(=C/c1ccccc1OCc1ccc(C(=O)O)cc1)c1ccc(Br)cc1. The van der Waals surface area contributed by atoms with Gasteiger partial charge in [0.25, 0.3) is 0 Å². The molecule has 28 heavy (non-hydrogen) atoms. The fraction of sp³-hybridized carbons (Fsp3) is 0.0435. The van der Waals surface area contributed by atoms with E-state index >= 15 is 0 Å². The molecule has 0 fully saturated rings. The molecule has 0 aromatic heterocycles. The van der Waals surface area contributed by atoms with Crippen molar-refractivity contribution < 1.29 is 14.6 Å². The van der Waals surface area contributed by atoms with Gasteiger partial charge in [0.15, 0.2) is 0 Å². The van der Waals surface area contributed by atoms with Gasteiger partial charge in [-0.1, -0.05) is 58.4 Å². The van der Waals surface area contributed by atoms with E-state index in [1.807, 2.05) is 48.5 Å². The highest BCUT2D eigenvalue weighted by atomic mass is 79.9. The molecule has 3 aromatic rings. The minimum Gasteiger partial charge on any atom is -0.488 e. The van der Waals surface area contributed by atoms with Gasteiger partial charge in [-0.05, 0) is 47.5 Å². The third-order valence-electron chi connectivity index (χ3n) is 4.09. The van der Waals surface area contributed by atoms with Crippen LogP contribution in [0.1, 0.15) is 27.0 Å². The predicted octanol–water partition coefficient (Wildman–Crippen LogP) is 5.79. The molecular formula is C23H16BrNO3. The fourth-order valence-electron chi connectivity index (χ4n) is 2.60. The van der Waals surface area contributed by atoms with Crippen molar-refractivity contribution in [2.45, 2.75) is 6.61 Å². The second-order valence-electron chi connectivity index (χ2n) is 6.01. The van der Waals surface area contributed by atoms with E-state index in [0.717, 1.165) is 21.2 Å². The molecule has 0 radical (unpaired) electrons. The minimum absolute atomic E-state index is 0.236. The lowest BCUT2D eigenvalue weighted by atomic mass is 10.0. The van der Waals surface area contributed by atoms with Gasteiger partial charge < -0.3 is 9.84 Å². The highest BCUT2D eigenvalue weighted by Crippen LogP contribution is 2.26. The highest BCUT2D eigenvalue weighted by Gasteiger charge is 2.07. The molecule has 0 saturated heterocycles. The van der Waals surface area contributed by atoms with Crippen molar-refractivity contribution in [3.05, 3.63) is 99.5 Å². The first-order chi connectivity index (χ1) is 13.6. The molecule has 0 spiro atoms. The first-order valence-corrected chi connectivity index (χ1v) is 9.28. The number of halogens is 1. The number of hydrogen-bond acceptors (Lipinski definition) is 3. The van der Waals surface area contributed by atoms with Crippen molar-refractivity contribution in [1.29, 1.82) is 5.26 Å². The van der Waals surface area contributed by atoms with Gasteiger partial charge in [-0.3, -0.25) is 0 Å². The molecule has 0 atom stereocenters. The van der Waals surface area contributed by atoms with Crippen molar-refractivity contribution in [2.24, 2.45) is 0 Å². The van der Waals surface area contributed by atoms with E-state index < -0.39 is 5.97 Å². The van der Waals surface area contributed by atoms with Crippen LogP contribution in [0.15, 0.2) is 77.3 Å². The normalized spacial score (nSPS) is 10.9. The Kier molecular flexibility index (Phi) is 6.25. The van der Waals surface area contributed by atoms with Crippen LogP contribution in [0.25, 0.3) is 11.6 Å². The van der Waals surface area contributed by atoms with E-state index in [-0.39, 0.29) is 5.56 Å². The Hall–Kier alpha value is -3.36. The summed E-state index contributed by atoms with van der Waals surface area (Å²) in [4.78, 5) is 10.9. The second-order valence-corrected chi connectivity index (χ2v) is 6.92. The van der Waals surface area contributed by atoms with Gasteiger partial charge in [-0.25, -0.2) is 4.79 Å². The van der Waals surface area contributed by atoms with Crippen LogP contribution < -0.4 is 4.74 Å². The average Bonchev–Trinajstić information content (AvgIpc) is 2.72. The summed E-state index contributed by atoms with van der Waals surface area (Å²) in [5, 5.41) is 18.5. The van der Waals surface area contributed by atoms with E-state index in [1.54, 1.807) is 30.3 Å². The predicted molar refractivity (Wildman–Crippen MR) is 112 cm³/mol. The van der Waals surface area contributed by atoms with Gasteiger partial charge in [0, 0.05) is 10.0 Å². The number of ether oxygens (including phenoxy) is 1. The molecule has 138 valence electrons. The standard InChI is InChI=1S/C23H16BrNO3/c24-21-11-9-17(10-12-21)20(14-25)13-19-3-1-2-4-22(19)28-15-16-5-7-18(8-6-16)23(26)27/h1-13H,15H2,(H,26,27)/b20-13-. The highest BCUT2D eigenvalue weighted by molar-refractivity contribution is 9.10. The van der Waals surface area contributed by atoms with Crippen LogP contribution in [-0.4, -0.2) is 11.1 Å². The first kappa shape index (κ1) is 19.4. The van der Waals surface area contributed by atoms with E-state index in [9.17, 15) is 10.1 Å². The summed E-state index contributed by atoms with van der Waals surface area (Å²) >= 11 is 3.40. The zero-order valence-electron chi connectivity index (χ0n) is 14.8. The van der Waals surface area contributed by atoms with Crippen molar-refractivity contribution in [3.8, 4) is 11.8 Å². The number of benzene rings is 3. The van der Waals surface area contributed by atoms with Gasteiger partial charge >= 0.3 is 5.97 Å². The van der Waals surface area contributed by atoms with E-state index in [4.69, 9.17) is 9.84 Å². The summed E-state index contributed by atoms with van der Waals surface area (Å²) in [5.74, 6) is -0.311. The lowest BCUT2D eigenvalue weighted by Crippen LogP contribution is -1.99. The number of aromatic carboxylic acids is 1. The Labute approximate surface area is 171 Å². The Morgan fingerprint density at radius 3 is 2.29 bits per heavy atom. The summed E-state index contributed by atoms with van der Waals surface area (Å²) in [6.45, 7) is 0.297. The van der Waals surface area contributed by atoms with Crippen LogP contribution in [0.2, 0.25) is 0 Å². The maximum Gasteiger partial charge on any atom is 0.335 e. The fourth-order valence-corrected chi connectivity index (χ4v) is 2.87. The van der Waals surface area contributed by atoms with Crippen molar-refractivity contribution in [1.82, 2.24) is 0 Å². The Balaban J connectivity index is 1.81. The molecule has 3 rings (SSSR count). The molecule has 0 heterocycles. The zero-order chi connectivity index (χ0) is 19.9. The number of carbonyl (C=O) groups is 1. The van der Waals surface area contributed by atoms with Crippen LogP contribution in [0, 0.1) is 11.3 Å². The topological polar surface area (TPSA) is 70.3 Å². The van der Waals surface area contributed by atoms with Gasteiger partial charge in [-0.2, -0.15) is 5.26 Å². The number of carboxylic acids is 1. The molecule has 1 N–H and O–H groups in total. The van der Waals surface area contributed by atoms with Gasteiger partial charge in [0.1, 0.15) is 12.4 Å². The molecule has 3 aromatic carbocycles. The van der Waals surface area contributed by atoms with E-state index in [1.165, 1.54) is 0 Å². The maximum atomic E-state index is 10.9. The Morgan fingerprint density at radius 1 is 1.00 bits per heavy atom. The quantitative estimate of drug-likeness (QED) is 0.394. The van der Waals surface area contributed by atoms with Gasteiger partial charge in [0.2, 0.25) is 0 Å². The van der Waals surface area contributed by atoms with E-state index in [0.29, 0.717) is 17.9 Å². The van der Waals surface area contributed by atoms with Crippen LogP contribution in [0.3, 0.4) is 0 Å². The smallest absolute Gasteiger partial charge is 0.335 e. The number of carboxylic acid groups (broad SMARTS) is 1. The zero-order valence-corrected chi connectivity index (χ0v) is 16.4. The number of hydrogen-bond donors (Lipinski definition) is 1. The van der Waals surface area contributed by atoms with Crippen molar-refractivity contribution >= 4 is 33.5 Å². The Morgan fingerprint density at radius 2 is 1.64 bits per heavy atom. The first-order valence-electron chi connectivity index (χ1n) is 8.48. The summed E-state index contributed by atoms with van der Waals surface area (Å²) in [6.07, 6.45) is 1.80. The molecular weight excluding hydrogens is 418 g/mol.